The normalized spacial score (nSPS) is 17.4. The maximum absolute atomic E-state index is 11.9. The van der Waals surface area contributed by atoms with Crippen LogP contribution in [0.3, 0.4) is 0 Å². The zero-order chi connectivity index (χ0) is 15.1. The fourth-order valence-corrected chi connectivity index (χ4v) is 2.91. The standard InChI is InChI=1S/C17H25NO3/c19-13-15-6-4-14(5-7-15)8-11-18-16(20)12-17(21)9-2-1-3-10-17/h4-7,19,21H,1-3,8-13H2,(H,18,20). The molecular weight excluding hydrogens is 266 g/mol. The van der Waals surface area contributed by atoms with E-state index in [1.807, 2.05) is 24.3 Å². The van der Waals surface area contributed by atoms with Crippen LogP contribution in [0, 0.1) is 0 Å². The molecule has 1 aliphatic carbocycles. The number of rotatable bonds is 6. The van der Waals surface area contributed by atoms with Gasteiger partial charge in [-0.3, -0.25) is 4.79 Å². The highest BCUT2D eigenvalue weighted by molar-refractivity contribution is 5.77. The number of hydrogen-bond acceptors (Lipinski definition) is 3. The number of amides is 1. The summed E-state index contributed by atoms with van der Waals surface area (Å²) in [6.45, 7) is 0.628. The summed E-state index contributed by atoms with van der Waals surface area (Å²) in [6, 6.07) is 7.71. The number of benzene rings is 1. The Morgan fingerprint density at radius 3 is 2.33 bits per heavy atom. The second kappa shape index (κ2) is 7.57. The summed E-state index contributed by atoms with van der Waals surface area (Å²) in [5, 5.41) is 22.2. The summed E-state index contributed by atoms with van der Waals surface area (Å²) < 4.78 is 0. The summed E-state index contributed by atoms with van der Waals surface area (Å²) in [6.07, 6.45) is 5.65. The zero-order valence-electron chi connectivity index (χ0n) is 12.5. The Kier molecular flexibility index (Phi) is 5.76. The average Bonchev–Trinajstić information content (AvgIpc) is 2.48. The molecule has 0 heterocycles. The monoisotopic (exact) mass is 291 g/mol. The summed E-state index contributed by atoms with van der Waals surface area (Å²) in [7, 11) is 0. The van der Waals surface area contributed by atoms with Crippen molar-refractivity contribution in [3.63, 3.8) is 0 Å². The van der Waals surface area contributed by atoms with E-state index in [1.165, 1.54) is 0 Å². The second-order valence-corrected chi connectivity index (χ2v) is 6.04. The van der Waals surface area contributed by atoms with Crippen LogP contribution in [0.5, 0.6) is 0 Å². The summed E-state index contributed by atoms with van der Waals surface area (Å²) in [5.74, 6) is -0.0635. The lowest BCUT2D eigenvalue weighted by atomic mass is 9.82. The van der Waals surface area contributed by atoms with Gasteiger partial charge >= 0.3 is 0 Å². The van der Waals surface area contributed by atoms with Gasteiger partial charge in [-0.05, 0) is 30.4 Å². The first-order valence-electron chi connectivity index (χ1n) is 7.79. The molecule has 3 N–H and O–H groups in total. The maximum atomic E-state index is 11.9. The Morgan fingerprint density at radius 1 is 1.10 bits per heavy atom. The van der Waals surface area contributed by atoms with Crippen molar-refractivity contribution in [2.75, 3.05) is 6.54 Å². The Balaban J connectivity index is 1.71. The molecule has 116 valence electrons. The number of aliphatic hydroxyl groups excluding tert-OH is 1. The summed E-state index contributed by atoms with van der Waals surface area (Å²) >= 11 is 0. The van der Waals surface area contributed by atoms with Gasteiger partial charge < -0.3 is 15.5 Å². The molecule has 0 saturated heterocycles. The van der Waals surface area contributed by atoms with Crippen LogP contribution in [-0.4, -0.2) is 28.3 Å². The van der Waals surface area contributed by atoms with E-state index >= 15 is 0 Å². The van der Waals surface area contributed by atoms with Gasteiger partial charge in [0.05, 0.1) is 18.6 Å². The van der Waals surface area contributed by atoms with E-state index in [-0.39, 0.29) is 18.9 Å². The smallest absolute Gasteiger partial charge is 0.222 e. The highest BCUT2D eigenvalue weighted by Crippen LogP contribution is 2.30. The number of carbonyl (C=O) groups excluding carboxylic acids is 1. The van der Waals surface area contributed by atoms with Gasteiger partial charge in [-0.2, -0.15) is 0 Å². The molecule has 0 bridgehead atoms. The van der Waals surface area contributed by atoms with E-state index in [2.05, 4.69) is 5.32 Å². The van der Waals surface area contributed by atoms with Crippen molar-refractivity contribution >= 4 is 5.91 Å². The number of hydrogen-bond donors (Lipinski definition) is 3. The lowest BCUT2D eigenvalue weighted by Crippen LogP contribution is -2.38. The third-order valence-electron chi connectivity index (χ3n) is 4.22. The quantitative estimate of drug-likeness (QED) is 0.750. The van der Waals surface area contributed by atoms with Crippen LogP contribution < -0.4 is 5.32 Å². The van der Waals surface area contributed by atoms with Crippen LogP contribution in [0.15, 0.2) is 24.3 Å². The molecule has 1 amide bonds. The van der Waals surface area contributed by atoms with Crippen molar-refractivity contribution in [3.8, 4) is 0 Å². The lowest BCUT2D eigenvalue weighted by Gasteiger charge is -2.31. The molecule has 0 atom stereocenters. The molecule has 1 fully saturated rings. The molecule has 21 heavy (non-hydrogen) atoms. The van der Waals surface area contributed by atoms with E-state index in [4.69, 9.17) is 5.11 Å². The first-order valence-corrected chi connectivity index (χ1v) is 7.79. The van der Waals surface area contributed by atoms with Crippen LogP contribution in [0.4, 0.5) is 0 Å². The largest absolute Gasteiger partial charge is 0.392 e. The molecule has 0 aliphatic heterocycles. The van der Waals surface area contributed by atoms with E-state index in [1.54, 1.807) is 0 Å². The zero-order valence-corrected chi connectivity index (χ0v) is 12.5. The minimum Gasteiger partial charge on any atom is -0.392 e. The van der Waals surface area contributed by atoms with E-state index in [9.17, 15) is 9.90 Å². The Hall–Kier alpha value is -1.39. The Morgan fingerprint density at radius 2 is 1.71 bits per heavy atom. The van der Waals surface area contributed by atoms with Crippen LogP contribution in [0.2, 0.25) is 0 Å². The summed E-state index contributed by atoms with van der Waals surface area (Å²) in [5.41, 5.74) is 1.23. The predicted molar refractivity (Wildman–Crippen MR) is 81.7 cm³/mol. The first kappa shape index (κ1) is 16.0. The molecule has 1 aliphatic rings. The Bertz CT molecular complexity index is 450. The van der Waals surface area contributed by atoms with Gasteiger partial charge in [0.15, 0.2) is 0 Å². The lowest BCUT2D eigenvalue weighted by molar-refractivity contribution is -0.127. The second-order valence-electron chi connectivity index (χ2n) is 6.04. The van der Waals surface area contributed by atoms with Gasteiger partial charge in [-0.15, -0.1) is 0 Å². The Labute approximate surface area is 126 Å². The summed E-state index contributed by atoms with van der Waals surface area (Å²) in [4.78, 5) is 11.9. The molecule has 1 aromatic carbocycles. The molecular formula is C17H25NO3. The van der Waals surface area contributed by atoms with E-state index in [0.29, 0.717) is 6.54 Å². The minimum absolute atomic E-state index is 0.0512. The highest BCUT2D eigenvalue weighted by Gasteiger charge is 2.31. The van der Waals surface area contributed by atoms with Gasteiger partial charge in [0.2, 0.25) is 5.91 Å². The van der Waals surface area contributed by atoms with Gasteiger partial charge in [-0.25, -0.2) is 0 Å². The van der Waals surface area contributed by atoms with Crippen LogP contribution >= 0.6 is 0 Å². The van der Waals surface area contributed by atoms with E-state index < -0.39 is 5.60 Å². The van der Waals surface area contributed by atoms with Gasteiger partial charge in [-0.1, -0.05) is 43.5 Å². The minimum atomic E-state index is -0.787. The fraction of sp³-hybridized carbons (Fsp3) is 0.588. The SMILES string of the molecule is O=C(CC1(O)CCCCC1)NCCc1ccc(CO)cc1. The molecule has 1 saturated carbocycles. The van der Waals surface area contributed by atoms with Gasteiger partial charge in [0.25, 0.3) is 0 Å². The topological polar surface area (TPSA) is 69.6 Å². The third kappa shape index (κ3) is 5.14. The van der Waals surface area contributed by atoms with Crippen LogP contribution in [0.1, 0.15) is 49.7 Å². The third-order valence-corrected chi connectivity index (χ3v) is 4.22. The molecule has 0 radical (unpaired) electrons. The van der Waals surface area contributed by atoms with Crippen molar-refractivity contribution in [2.45, 2.75) is 57.2 Å². The first-order chi connectivity index (χ1) is 10.1. The molecule has 0 spiro atoms. The van der Waals surface area contributed by atoms with E-state index in [0.717, 1.165) is 49.7 Å². The molecule has 4 nitrogen and oxygen atoms in total. The van der Waals surface area contributed by atoms with Crippen molar-refractivity contribution in [1.82, 2.24) is 5.32 Å². The van der Waals surface area contributed by atoms with Gasteiger partial charge in [0.1, 0.15) is 0 Å². The molecule has 4 heteroatoms. The van der Waals surface area contributed by atoms with Crippen LogP contribution in [0.25, 0.3) is 0 Å². The van der Waals surface area contributed by atoms with Gasteiger partial charge in [0, 0.05) is 6.54 Å². The highest BCUT2D eigenvalue weighted by atomic mass is 16.3. The molecule has 2 rings (SSSR count). The predicted octanol–water partition coefficient (Wildman–Crippen LogP) is 1.92. The number of carbonyl (C=O) groups is 1. The molecule has 1 aromatic rings. The van der Waals surface area contributed by atoms with Crippen LogP contribution in [-0.2, 0) is 17.8 Å². The van der Waals surface area contributed by atoms with Crippen molar-refractivity contribution in [3.05, 3.63) is 35.4 Å². The number of nitrogens with one attached hydrogen (secondary N) is 1. The molecule has 0 aromatic heterocycles. The average molecular weight is 291 g/mol. The van der Waals surface area contributed by atoms with Crippen molar-refractivity contribution in [2.24, 2.45) is 0 Å². The number of aliphatic hydroxyl groups is 2. The fourth-order valence-electron chi connectivity index (χ4n) is 2.91. The van der Waals surface area contributed by atoms with Crippen molar-refractivity contribution < 1.29 is 15.0 Å². The molecule has 0 unspecified atom stereocenters. The maximum Gasteiger partial charge on any atom is 0.222 e. The van der Waals surface area contributed by atoms with Crippen molar-refractivity contribution in [1.29, 1.82) is 0 Å².